The zero-order valence-corrected chi connectivity index (χ0v) is 13.7. The van der Waals surface area contributed by atoms with Crippen molar-refractivity contribution in [1.29, 1.82) is 5.26 Å². The van der Waals surface area contributed by atoms with E-state index in [9.17, 15) is 25.0 Å². The van der Waals surface area contributed by atoms with Crippen molar-refractivity contribution in [2.45, 2.75) is 5.92 Å². The van der Waals surface area contributed by atoms with Gasteiger partial charge in [0.05, 0.1) is 28.1 Å². The summed E-state index contributed by atoms with van der Waals surface area (Å²) < 4.78 is 5.36. The molecule has 0 bridgehead atoms. The van der Waals surface area contributed by atoms with Gasteiger partial charge in [-0.2, -0.15) is 5.26 Å². The summed E-state index contributed by atoms with van der Waals surface area (Å²) in [6.07, 6.45) is 1.16. The van der Waals surface area contributed by atoms with E-state index in [0.29, 0.717) is 5.56 Å². The summed E-state index contributed by atoms with van der Waals surface area (Å²) in [6.45, 7) is 0. The van der Waals surface area contributed by atoms with E-state index in [-0.39, 0.29) is 33.7 Å². The molecular weight excluding hydrogens is 348 g/mol. The van der Waals surface area contributed by atoms with Crippen molar-refractivity contribution in [3.05, 3.63) is 98.5 Å². The van der Waals surface area contributed by atoms with Crippen LogP contribution >= 0.6 is 0 Å². The third kappa shape index (κ3) is 2.43. The van der Waals surface area contributed by atoms with Gasteiger partial charge in [0, 0.05) is 23.3 Å². The molecule has 0 amide bonds. The predicted molar refractivity (Wildman–Crippen MR) is 92.7 cm³/mol. The van der Waals surface area contributed by atoms with Crippen LogP contribution in [0.15, 0.2) is 71.7 Å². The molecule has 1 unspecified atom stereocenters. The highest BCUT2D eigenvalue weighted by Crippen LogP contribution is 2.42. The van der Waals surface area contributed by atoms with Crippen LogP contribution in [0.1, 0.15) is 32.2 Å². The lowest BCUT2D eigenvalue weighted by atomic mass is 9.76. The summed E-state index contributed by atoms with van der Waals surface area (Å²) in [5.41, 5.74) is 1.09. The number of rotatable bonds is 2. The van der Waals surface area contributed by atoms with E-state index in [1.54, 1.807) is 24.3 Å². The van der Waals surface area contributed by atoms with Gasteiger partial charge in [0.2, 0.25) is 5.78 Å². The minimum Gasteiger partial charge on any atom is -0.459 e. The molecule has 0 N–H and O–H groups in total. The van der Waals surface area contributed by atoms with Gasteiger partial charge in [-0.05, 0) is 5.56 Å². The van der Waals surface area contributed by atoms with E-state index in [0.717, 1.165) is 6.26 Å². The Morgan fingerprint density at radius 3 is 2.22 bits per heavy atom. The summed E-state index contributed by atoms with van der Waals surface area (Å²) in [4.78, 5) is 36.2. The number of benzene rings is 2. The number of carbonyl (C=O) groups is 2. The lowest BCUT2D eigenvalue weighted by molar-refractivity contribution is -0.384. The van der Waals surface area contributed by atoms with Crippen LogP contribution in [-0.4, -0.2) is 16.5 Å². The van der Waals surface area contributed by atoms with Gasteiger partial charge in [-0.3, -0.25) is 19.7 Å². The summed E-state index contributed by atoms with van der Waals surface area (Å²) in [7, 11) is 0. The summed E-state index contributed by atoms with van der Waals surface area (Å²) in [6, 6.07) is 13.9. The number of ketones is 2. The van der Waals surface area contributed by atoms with Gasteiger partial charge in [0.1, 0.15) is 6.26 Å². The molecule has 130 valence electrons. The zero-order valence-electron chi connectivity index (χ0n) is 13.7. The number of nitro benzene ring substituents is 1. The van der Waals surface area contributed by atoms with Crippen molar-refractivity contribution in [2.24, 2.45) is 0 Å². The Hall–Kier alpha value is -4.05. The van der Waals surface area contributed by atoms with E-state index >= 15 is 0 Å². The van der Waals surface area contributed by atoms with E-state index in [1.165, 1.54) is 24.3 Å². The maximum absolute atomic E-state index is 13.1. The van der Waals surface area contributed by atoms with Crippen LogP contribution in [0.3, 0.4) is 0 Å². The number of nitrogens with zero attached hydrogens (tertiary/aromatic N) is 2. The van der Waals surface area contributed by atoms with E-state index in [4.69, 9.17) is 4.74 Å². The number of ether oxygens (including phenoxy) is 1. The lowest BCUT2D eigenvalue weighted by Gasteiger charge is -2.29. The first-order valence-corrected chi connectivity index (χ1v) is 7.96. The molecule has 1 aliphatic heterocycles. The van der Waals surface area contributed by atoms with Gasteiger partial charge >= 0.3 is 0 Å². The third-order valence-electron chi connectivity index (χ3n) is 4.58. The maximum Gasteiger partial charge on any atom is 0.269 e. The Bertz CT molecular complexity index is 1120. The van der Waals surface area contributed by atoms with E-state index in [1.807, 2.05) is 6.07 Å². The van der Waals surface area contributed by atoms with Crippen LogP contribution < -0.4 is 0 Å². The van der Waals surface area contributed by atoms with Gasteiger partial charge in [-0.25, -0.2) is 0 Å². The number of nitriles is 1. The van der Waals surface area contributed by atoms with Crippen molar-refractivity contribution in [3.63, 3.8) is 0 Å². The molecule has 0 aromatic heterocycles. The molecule has 0 saturated carbocycles. The Morgan fingerprint density at radius 1 is 1.00 bits per heavy atom. The van der Waals surface area contributed by atoms with Crippen LogP contribution in [0.5, 0.6) is 0 Å². The van der Waals surface area contributed by atoms with Crippen LogP contribution in [-0.2, 0) is 4.74 Å². The van der Waals surface area contributed by atoms with Crippen molar-refractivity contribution < 1.29 is 19.2 Å². The second kappa shape index (κ2) is 6.04. The van der Waals surface area contributed by atoms with Crippen molar-refractivity contribution in [3.8, 4) is 6.07 Å². The average Bonchev–Trinajstić information content (AvgIpc) is 2.71. The lowest BCUT2D eigenvalue weighted by Crippen LogP contribution is -2.29. The topological polar surface area (TPSA) is 110 Å². The highest BCUT2D eigenvalue weighted by molar-refractivity contribution is 6.27. The van der Waals surface area contributed by atoms with Crippen LogP contribution in [0, 0.1) is 21.4 Å². The Kier molecular flexibility index (Phi) is 3.67. The van der Waals surface area contributed by atoms with Gasteiger partial charge in [-0.1, -0.05) is 36.4 Å². The molecule has 7 nitrogen and oxygen atoms in total. The van der Waals surface area contributed by atoms with Gasteiger partial charge in [0.15, 0.2) is 11.5 Å². The fourth-order valence-corrected chi connectivity index (χ4v) is 3.32. The molecule has 1 aliphatic carbocycles. The van der Waals surface area contributed by atoms with Crippen LogP contribution in [0.2, 0.25) is 0 Å². The molecule has 1 atom stereocenters. The quantitative estimate of drug-likeness (QED) is 0.600. The minimum absolute atomic E-state index is 0.0756. The number of carbonyl (C=O) groups excluding carboxylic acids is 2. The third-order valence-corrected chi connectivity index (χ3v) is 4.58. The Balaban J connectivity index is 1.89. The molecule has 2 aliphatic rings. The van der Waals surface area contributed by atoms with Crippen molar-refractivity contribution in [2.75, 3.05) is 0 Å². The predicted octanol–water partition coefficient (Wildman–Crippen LogP) is 3.45. The molecule has 7 heteroatoms. The molecule has 0 saturated heterocycles. The number of hydrogen-bond donors (Lipinski definition) is 0. The number of Topliss-reactive ketones (excluding diaryl/α,β-unsaturated/α-hetero) is 2. The highest BCUT2D eigenvalue weighted by Gasteiger charge is 2.41. The van der Waals surface area contributed by atoms with Crippen LogP contribution in [0.25, 0.3) is 0 Å². The average molecular weight is 358 g/mol. The van der Waals surface area contributed by atoms with Gasteiger partial charge in [0.25, 0.3) is 5.69 Å². The number of fused-ring (bicyclic) bond motifs is 1. The first-order valence-electron chi connectivity index (χ1n) is 7.96. The minimum atomic E-state index is -0.829. The number of nitro groups is 1. The first-order chi connectivity index (χ1) is 13.0. The van der Waals surface area contributed by atoms with E-state index < -0.39 is 22.4 Å². The summed E-state index contributed by atoms with van der Waals surface area (Å²) >= 11 is 0. The molecule has 0 fully saturated rings. The summed E-state index contributed by atoms with van der Waals surface area (Å²) in [5.74, 6) is -1.77. The van der Waals surface area contributed by atoms with Gasteiger partial charge < -0.3 is 4.74 Å². The van der Waals surface area contributed by atoms with E-state index in [2.05, 4.69) is 0 Å². The number of allylic oxidation sites excluding steroid dienone is 3. The molecule has 4 rings (SSSR count). The molecule has 2 aromatic carbocycles. The second-order valence-electron chi connectivity index (χ2n) is 6.03. The SMILES string of the molecule is N#CC1=COC2=C(C(=O)c3ccccc3C2=O)C1c1ccc([N+](=O)[O-])cc1. The molecular formula is C20H10N2O5. The monoisotopic (exact) mass is 358 g/mol. The fourth-order valence-electron chi connectivity index (χ4n) is 3.32. The fraction of sp³-hybridized carbons (Fsp3) is 0.0500. The Morgan fingerprint density at radius 2 is 1.63 bits per heavy atom. The zero-order chi connectivity index (χ0) is 19.1. The van der Waals surface area contributed by atoms with Gasteiger partial charge in [-0.15, -0.1) is 0 Å². The molecule has 0 radical (unpaired) electrons. The van der Waals surface area contributed by atoms with Crippen molar-refractivity contribution >= 4 is 17.3 Å². The number of non-ortho nitro benzene ring substituents is 1. The first kappa shape index (κ1) is 16.4. The highest BCUT2D eigenvalue weighted by atomic mass is 16.6. The normalized spacial score (nSPS) is 18.0. The Labute approximate surface area is 152 Å². The van der Waals surface area contributed by atoms with Crippen molar-refractivity contribution in [1.82, 2.24) is 0 Å². The molecule has 1 heterocycles. The smallest absolute Gasteiger partial charge is 0.269 e. The number of hydrogen-bond acceptors (Lipinski definition) is 6. The second-order valence-corrected chi connectivity index (χ2v) is 6.03. The molecule has 27 heavy (non-hydrogen) atoms. The maximum atomic E-state index is 13.1. The summed E-state index contributed by atoms with van der Waals surface area (Å²) in [5, 5.41) is 20.4. The molecule has 0 spiro atoms. The largest absolute Gasteiger partial charge is 0.459 e. The molecule has 2 aromatic rings. The standard InChI is InChI=1S/C20H10N2O5/c21-9-12-10-27-20-17(16(12)11-5-7-13(8-6-11)22(25)26)18(23)14-3-1-2-4-15(14)19(20)24/h1-8,10,16H. The van der Waals surface area contributed by atoms with Crippen LogP contribution in [0.4, 0.5) is 5.69 Å².